The van der Waals surface area contributed by atoms with E-state index in [1.165, 1.54) is 18.2 Å². The summed E-state index contributed by atoms with van der Waals surface area (Å²) in [5.74, 6) is -0.192. The largest absolute Gasteiger partial charge is 0.492 e. The summed E-state index contributed by atoms with van der Waals surface area (Å²) in [6, 6.07) is 15.4. The SMILES string of the molecule is CCc1n[nH]c2cc(OCCNC[C@H](O)c3cccc(NS(=O)(=O)c4cc(N)ccc4F)c3)ccc12. The highest BCUT2D eigenvalue weighted by atomic mass is 32.2. The molecule has 3 aromatic carbocycles. The molecule has 0 aliphatic rings. The van der Waals surface area contributed by atoms with Gasteiger partial charge in [-0.15, -0.1) is 0 Å². The van der Waals surface area contributed by atoms with Crippen molar-refractivity contribution in [3.8, 4) is 5.75 Å². The number of nitrogens with one attached hydrogen (secondary N) is 3. The van der Waals surface area contributed by atoms with E-state index in [2.05, 4.69) is 27.2 Å². The number of aliphatic hydroxyl groups is 1. The lowest BCUT2D eigenvalue weighted by molar-refractivity contribution is 0.172. The Balaban J connectivity index is 1.29. The second-order valence-electron chi connectivity index (χ2n) is 8.22. The van der Waals surface area contributed by atoms with E-state index in [0.717, 1.165) is 35.2 Å². The summed E-state index contributed by atoms with van der Waals surface area (Å²) in [5.41, 5.74) is 8.35. The Kier molecular flexibility index (Phi) is 7.73. The van der Waals surface area contributed by atoms with Crippen LogP contribution < -0.4 is 20.5 Å². The molecule has 36 heavy (non-hydrogen) atoms. The number of sulfonamides is 1. The fourth-order valence-corrected chi connectivity index (χ4v) is 4.92. The number of benzene rings is 3. The fraction of sp³-hybridized carbons (Fsp3) is 0.240. The first-order chi connectivity index (χ1) is 17.3. The molecule has 1 atom stereocenters. The van der Waals surface area contributed by atoms with Crippen LogP contribution in [0.4, 0.5) is 15.8 Å². The van der Waals surface area contributed by atoms with Gasteiger partial charge in [0.1, 0.15) is 23.1 Å². The molecule has 0 spiro atoms. The molecule has 0 saturated carbocycles. The van der Waals surface area contributed by atoms with Gasteiger partial charge in [-0.05, 0) is 54.4 Å². The maximum Gasteiger partial charge on any atom is 0.264 e. The van der Waals surface area contributed by atoms with Gasteiger partial charge in [0.15, 0.2) is 0 Å². The molecule has 4 aromatic rings. The molecule has 0 saturated heterocycles. The molecule has 0 fully saturated rings. The van der Waals surface area contributed by atoms with Crippen molar-refractivity contribution in [1.29, 1.82) is 0 Å². The number of nitrogens with zero attached hydrogens (tertiary/aromatic N) is 1. The Morgan fingerprint density at radius 3 is 2.81 bits per heavy atom. The molecular formula is C25H28FN5O4S. The average Bonchev–Trinajstić information content (AvgIpc) is 3.27. The maximum atomic E-state index is 14.0. The molecule has 1 aromatic heterocycles. The van der Waals surface area contributed by atoms with Gasteiger partial charge >= 0.3 is 0 Å². The standard InChI is InChI=1S/C25H28FN5O4S/c1-2-22-20-8-7-19(14-23(20)30-29-22)35-11-10-28-15-24(32)16-4-3-5-18(12-16)31-36(33,34)25-13-17(27)6-9-21(25)26/h3-9,12-14,24,28,31-32H,2,10-11,15,27H2,1H3,(H,29,30)/t24-/m0/s1. The van der Waals surface area contributed by atoms with Crippen molar-refractivity contribution in [2.45, 2.75) is 24.3 Å². The quantitative estimate of drug-likeness (QED) is 0.153. The van der Waals surface area contributed by atoms with Crippen LogP contribution in [-0.4, -0.2) is 43.4 Å². The maximum absolute atomic E-state index is 14.0. The van der Waals surface area contributed by atoms with Gasteiger partial charge in [0.25, 0.3) is 10.0 Å². The van der Waals surface area contributed by atoms with Crippen LogP contribution in [0, 0.1) is 5.82 Å². The van der Waals surface area contributed by atoms with Crippen LogP contribution in [0.3, 0.4) is 0 Å². The summed E-state index contributed by atoms with van der Waals surface area (Å²) < 4.78 is 47.3. The molecule has 11 heteroatoms. The van der Waals surface area contributed by atoms with E-state index in [0.29, 0.717) is 24.5 Å². The Morgan fingerprint density at radius 2 is 2.00 bits per heavy atom. The highest BCUT2D eigenvalue weighted by Gasteiger charge is 2.20. The number of nitrogens with two attached hydrogens (primary N) is 1. The van der Waals surface area contributed by atoms with Crippen LogP contribution in [0.25, 0.3) is 10.9 Å². The summed E-state index contributed by atoms with van der Waals surface area (Å²) in [6.45, 7) is 3.15. The summed E-state index contributed by atoms with van der Waals surface area (Å²) >= 11 is 0. The van der Waals surface area contributed by atoms with Crippen LogP contribution in [0.15, 0.2) is 65.6 Å². The molecule has 0 unspecified atom stereocenters. The lowest BCUT2D eigenvalue weighted by Gasteiger charge is -2.15. The molecule has 0 amide bonds. The number of aliphatic hydroxyl groups excluding tert-OH is 1. The Bertz CT molecular complexity index is 1460. The van der Waals surface area contributed by atoms with E-state index in [1.807, 2.05) is 18.2 Å². The number of H-pyrrole nitrogens is 1. The minimum absolute atomic E-state index is 0.128. The van der Waals surface area contributed by atoms with Crippen LogP contribution in [0.1, 0.15) is 24.3 Å². The average molecular weight is 514 g/mol. The number of fused-ring (bicyclic) bond motifs is 1. The molecule has 9 nitrogen and oxygen atoms in total. The van der Waals surface area contributed by atoms with Crippen molar-refractivity contribution in [2.24, 2.45) is 0 Å². The zero-order chi connectivity index (χ0) is 25.7. The normalized spacial score (nSPS) is 12.5. The summed E-state index contributed by atoms with van der Waals surface area (Å²) in [4.78, 5) is -0.549. The van der Waals surface area contributed by atoms with E-state index < -0.39 is 26.8 Å². The topological polar surface area (TPSA) is 142 Å². The highest BCUT2D eigenvalue weighted by molar-refractivity contribution is 7.92. The van der Waals surface area contributed by atoms with Gasteiger partial charge < -0.3 is 20.9 Å². The number of hydrogen-bond acceptors (Lipinski definition) is 7. The van der Waals surface area contributed by atoms with Gasteiger partial charge in [-0.3, -0.25) is 9.82 Å². The predicted molar refractivity (Wildman–Crippen MR) is 137 cm³/mol. The Hall–Kier alpha value is -3.67. The first-order valence-electron chi connectivity index (χ1n) is 11.4. The van der Waals surface area contributed by atoms with Gasteiger partial charge in [-0.2, -0.15) is 5.10 Å². The number of nitrogen functional groups attached to an aromatic ring is 1. The second kappa shape index (κ2) is 10.9. The third-order valence-electron chi connectivity index (χ3n) is 5.60. The van der Waals surface area contributed by atoms with Crippen molar-refractivity contribution >= 4 is 32.3 Å². The fourth-order valence-electron chi connectivity index (χ4n) is 3.76. The molecule has 0 bridgehead atoms. The highest BCUT2D eigenvalue weighted by Crippen LogP contribution is 2.24. The number of aryl methyl sites for hydroxylation is 1. The molecule has 190 valence electrons. The van der Waals surface area contributed by atoms with Crippen molar-refractivity contribution in [3.05, 3.63) is 77.7 Å². The van der Waals surface area contributed by atoms with Gasteiger partial charge in [0.05, 0.1) is 17.3 Å². The van der Waals surface area contributed by atoms with Crippen molar-refractivity contribution in [3.63, 3.8) is 0 Å². The first kappa shape index (κ1) is 25.4. The molecule has 0 aliphatic carbocycles. The minimum Gasteiger partial charge on any atom is -0.492 e. The third-order valence-corrected chi connectivity index (χ3v) is 7.00. The van der Waals surface area contributed by atoms with Crippen LogP contribution in [0.5, 0.6) is 5.75 Å². The van der Waals surface area contributed by atoms with Gasteiger partial charge in [0.2, 0.25) is 0 Å². The number of ether oxygens (including phenoxy) is 1. The first-order valence-corrected chi connectivity index (χ1v) is 12.9. The van der Waals surface area contributed by atoms with Crippen LogP contribution in [0.2, 0.25) is 0 Å². The lowest BCUT2D eigenvalue weighted by atomic mass is 10.1. The summed E-state index contributed by atoms with van der Waals surface area (Å²) in [6.07, 6.45) is -0.0468. The minimum atomic E-state index is -4.20. The monoisotopic (exact) mass is 513 g/mol. The zero-order valence-corrected chi connectivity index (χ0v) is 20.5. The van der Waals surface area contributed by atoms with Crippen LogP contribution >= 0.6 is 0 Å². The van der Waals surface area contributed by atoms with Crippen molar-refractivity contribution < 1.29 is 22.7 Å². The number of aromatic nitrogens is 2. The van der Waals surface area contributed by atoms with Crippen molar-refractivity contribution in [2.75, 3.05) is 30.2 Å². The molecule has 6 N–H and O–H groups in total. The van der Waals surface area contributed by atoms with E-state index in [-0.39, 0.29) is 17.9 Å². The summed E-state index contributed by atoms with van der Waals surface area (Å²) in [5, 5.41) is 22.0. The molecular weight excluding hydrogens is 485 g/mol. The molecule has 0 aliphatic heterocycles. The lowest BCUT2D eigenvalue weighted by Crippen LogP contribution is -2.26. The summed E-state index contributed by atoms with van der Waals surface area (Å²) in [7, 11) is -4.20. The zero-order valence-electron chi connectivity index (χ0n) is 19.7. The van der Waals surface area contributed by atoms with E-state index in [1.54, 1.807) is 12.1 Å². The predicted octanol–water partition coefficient (Wildman–Crippen LogP) is 3.35. The van der Waals surface area contributed by atoms with Gasteiger partial charge in [0, 0.05) is 35.9 Å². The number of aromatic amines is 1. The second-order valence-corrected chi connectivity index (χ2v) is 9.87. The Labute approximate surface area is 208 Å². The molecule has 0 radical (unpaired) electrons. The number of anilines is 2. The van der Waals surface area contributed by atoms with Crippen molar-refractivity contribution in [1.82, 2.24) is 15.5 Å². The number of hydrogen-bond donors (Lipinski definition) is 5. The van der Waals surface area contributed by atoms with E-state index in [4.69, 9.17) is 10.5 Å². The third kappa shape index (κ3) is 5.93. The Morgan fingerprint density at radius 1 is 1.17 bits per heavy atom. The van der Waals surface area contributed by atoms with Gasteiger partial charge in [-0.1, -0.05) is 19.1 Å². The molecule has 4 rings (SSSR count). The van der Waals surface area contributed by atoms with Crippen LogP contribution in [-0.2, 0) is 16.4 Å². The number of rotatable bonds is 11. The number of halogens is 1. The van der Waals surface area contributed by atoms with E-state index in [9.17, 15) is 17.9 Å². The smallest absolute Gasteiger partial charge is 0.264 e. The van der Waals surface area contributed by atoms with Gasteiger partial charge in [-0.25, -0.2) is 12.8 Å². The van der Waals surface area contributed by atoms with E-state index >= 15 is 0 Å². The molecule has 1 heterocycles.